The van der Waals surface area contributed by atoms with Crippen LogP contribution in [0.25, 0.3) is 0 Å². The molecule has 0 unspecified atom stereocenters. The number of halogens is 2. The van der Waals surface area contributed by atoms with Gasteiger partial charge in [0.1, 0.15) is 5.82 Å². The van der Waals surface area contributed by atoms with Gasteiger partial charge in [-0.1, -0.05) is 23.7 Å². The van der Waals surface area contributed by atoms with Crippen LogP contribution in [0.4, 0.5) is 4.39 Å². The molecule has 3 N–H and O–H groups in total. The summed E-state index contributed by atoms with van der Waals surface area (Å²) >= 11 is 5.72. The molecule has 1 aromatic rings. The number of nitrogens with one attached hydrogen (secondary N) is 1. The van der Waals surface area contributed by atoms with Crippen LogP contribution in [0, 0.1) is 5.82 Å². The topological polar surface area (TPSA) is 52.5 Å². The van der Waals surface area contributed by atoms with E-state index < -0.39 is 11.9 Å². The first-order chi connectivity index (χ1) is 7.19. The van der Waals surface area contributed by atoms with Gasteiger partial charge in [0, 0.05) is 6.54 Å². The third-order valence-electron chi connectivity index (χ3n) is 2.05. The lowest BCUT2D eigenvalue weighted by molar-refractivity contribution is 0.170. The molecule has 0 bridgehead atoms. The summed E-state index contributed by atoms with van der Waals surface area (Å²) in [7, 11) is 0. The summed E-state index contributed by atoms with van der Waals surface area (Å²) in [6, 6.07) is 4.11. The van der Waals surface area contributed by atoms with Crippen LogP contribution in [0.15, 0.2) is 18.2 Å². The third-order valence-corrected chi connectivity index (χ3v) is 2.48. The summed E-state index contributed by atoms with van der Waals surface area (Å²) in [5.74, 6) is -0.472. The Balaban J connectivity index is 2.61. The molecule has 0 saturated heterocycles. The monoisotopic (exact) mass is 233 g/mol. The van der Waals surface area contributed by atoms with Crippen LogP contribution >= 0.6 is 11.6 Å². The molecule has 0 aliphatic heterocycles. The maximum atomic E-state index is 13.0. The molecular weight excluding hydrogens is 221 g/mol. The SMILES string of the molecule is OCC(CO)NCc1cccc(F)c1Cl. The highest BCUT2D eigenvalue weighted by Gasteiger charge is 2.08. The van der Waals surface area contributed by atoms with Crippen molar-refractivity contribution in [2.45, 2.75) is 12.6 Å². The first-order valence-corrected chi connectivity index (χ1v) is 4.94. The van der Waals surface area contributed by atoms with Crippen LogP contribution in [0.5, 0.6) is 0 Å². The van der Waals surface area contributed by atoms with Crippen molar-refractivity contribution in [3.05, 3.63) is 34.6 Å². The van der Waals surface area contributed by atoms with Crippen LogP contribution < -0.4 is 5.32 Å². The lowest BCUT2D eigenvalue weighted by Gasteiger charge is -2.13. The highest BCUT2D eigenvalue weighted by atomic mass is 35.5. The van der Waals surface area contributed by atoms with Crippen molar-refractivity contribution in [3.63, 3.8) is 0 Å². The van der Waals surface area contributed by atoms with Gasteiger partial charge in [0.15, 0.2) is 0 Å². The van der Waals surface area contributed by atoms with Gasteiger partial charge in [-0.2, -0.15) is 0 Å². The van der Waals surface area contributed by atoms with Gasteiger partial charge in [0.05, 0.1) is 24.3 Å². The van der Waals surface area contributed by atoms with Crippen LogP contribution in [0.3, 0.4) is 0 Å². The van der Waals surface area contributed by atoms with Gasteiger partial charge in [-0.3, -0.25) is 0 Å². The summed E-state index contributed by atoms with van der Waals surface area (Å²) in [6.07, 6.45) is 0. The normalized spacial score (nSPS) is 11.0. The molecule has 0 atom stereocenters. The third kappa shape index (κ3) is 3.43. The van der Waals surface area contributed by atoms with E-state index in [1.807, 2.05) is 0 Å². The van der Waals surface area contributed by atoms with E-state index in [-0.39, 0.29) is 18.2 Å². The second kappa shape index (κ2) is 6.02. The van der Waals surface area contributed by atoms with Gasteiger partial charge in [0.25, 0.3) is 0 Å². The number of aliphatic hydroxyl groups excluding tert-OH is 2. The van der Waals surface area contributed by atoms with Gasteiger partial charge in [-0.25, -0.2) is 4.39 Å². The van der Waals surface area contributed by atoms with Crippen molar-refractivity contribution in [1.29, 1.82) is 0 Å². The minimum absolute atomic E-state index is 0.0691. The van der Waals surface area contributed by atoms with Crippen molar-refractivity contribution in [2.75, 3.05) is 13.2 Å². The molecule has 0 heterocycles. The smallest absolute Gasteiger partial charge is 0.142 e. The van der Waals surface area contributed by atoms with E-state index in [9.17, 15) is 4.39 Å². The van der Waals surface area contributed by atoms with Crippen molar-refractivity contribution >= 4 is 11.6 Å². The largest absolute Gasteiger partial charge is 0.395 e. The number of benzene rings is 1. The molecule has 5 heteroatoms. The summed E-state index contributed by atoms with van der Waals surface area (Å²) < 4.78 is 13.0. The highest BCUT2D eigenvalue weighted by Crippen LogP contribution is 2.19. The molecule has 1 rings (SSSR count). The Kier molecular flexibility index (Phi) is 4.98. The van der Waals surface area contributed by atoms with Crippen LogP contribution in [-0.2, 0) is 6.54 Å². The predicted molar refractivity (Wildman–Crippen MR) is 56.2 cm³/mol. The van der Waals surface area contributed by atoms with Crippen molar-refractivity contribution in [1.82, 2.24) is 5.32 Å². The first kappa shape index (κ1) is 12.4. The quantitative estimate of drug-likeness (QED) is 0.709. The van der Waals surface area contributed by atoms with E-state index in [1.165, 1.54) is 6.07 Å². The van der Waals surface area contributed by atoms with E-state index >= 15 is 0 Å². The molecule has 0 fully saturated rings. The Hall–Kier alpha value is -0.680. The van der Waals surface area contributed by atoms with E-state index in [2.05, 4.69) is 5.32 Å². The number of hydrogen-bond acceptors (Lipinski definition) is 3. The first-order valence-electron chi connectivity index (χ1n) is 4.57. The zero-order valence-electron chi connectivity index (χ0n) is 8.08. The lowest BCUT2D eigenvalue weighted by Crippen LogP contribution is -2.35. The minimum Gasteiger partial charge on any atom is -0.395 e. The lowest BCUT2D eigenvalue weighted by atomic mass is 10.2. The molecule has 0 aliphatic carbocycles. The Bertz CT molecular complexity index is 318. The molecule has 84 valence electrons. The average molecular weight is 234 g/mol. The number of hydrogen-bond donors (Lipinski definition) is 3. The highest BCUT2D eigenvalue weighted by molar-refractivity contribution is 6.31. The van der Waals surface area contributed by atoms with Crippen molar-refractivity contribution in [3.8, 4) is 0 Å². The summed E-state index contributed by atoms with van der Waals surface area (Å²) in [6.45, 7) is -0.0464. The second-order valence-corrected chi connectivity index (χ2v) is 3.53. The molecule has 0 radical (unpaired) electrons. The molecule has 0 spiro atoms. The van der Waals surface area contributed by atoms with Gasteiger partial charge >= 0.3 is 0 Å². The van der Waals surface area contributed by atoms with Crippen LogP contribution in [-0.4, -0.2) is 29.5 Å². The van der Waals surface area contributed by atoms with Gasteiger partial charge < -0.3 is 15.5 Å². The Labute approximate surface area is 92.5 Å². The fourth-order valence-corrected chi connectivity index (χ4v) is 1.32. The fraction of sp³-hybridized carbons (Fsp3) is 0.400. The van der Waals surface area contributed by atoms with Crippen molar-refractivity contribution in [2.24, 2.45) is 0 Å². The summed E-state index contributed by atoms with van der Waals surface area (Å²) in [4.78, 5) is 0. The number of aliphatic hydroxyl groups is 2. The van der Waals surface area contributed by atoms with Crippen LogP contribution in [0.1, 0.15) is 5.56 Å². The Morgan fingerprint density at radius 3 is 2.60 bits per heavy atom. The molecular formula is C10H13ClFNO2. The molecule has 0 aromatic heterocycles. The maximum Gasteiger partial charge on any atom is 0.142 e. The molecule has 0 aliphatic rings. The summed E-state index contributed by atoms with van der Waals surface area (Å²) in [5, 5.41) is 20.5. The van der Waals surface area contributed by atoms with E-state index in [4.69, 9.17) is 21.8 Å². The second-order valence-electron chi connectivity index (χ2n) is 3.16. The van der Waals surface area contributed by atoms with Gasteiger partial charge in [-0.05, 0) is 11.6 Å². The molecule has 3 nitrogen and oxygen atoms in total. The van der Waals surface area contributed by atoms with E-state index in [0.717, 1.165) is 0 Å². The minimum atomic E-state index is -0.472. The van der Waals surface area contributed by atoms with Gasteiger partial charge in [-0.15, -0.1) is 0 Å². The standard InChI is InChI=1S/C10H13ClFNO2/c11-10-7(2-1-3-9(10)12)4-13-8(5-14)6-15/h1-3,8,13-15H,4-6H2. The zero-order chi connectivity index (χ0) is 11.3. The Morgan fingerprint density at radius 1 is 1.33 bits per heavy atom. The van der Waals surface area contributed by atoms with E-state index in [1.54, 1.807) is 12.1 Å². The molecule has 0 saturated carbocycles. The molecule has 15 heavy (non-hydrogen) atoms. The fourth-order valence-electron chi connectivity index (χ4n) is 1.13. The summed E-state index contributed by atoms with van der Waals surface area (Å²) in [5.41, 5.74) is 0.601. The maximum absolute atomic E-state index is 13.0. The van der Waals surface area contributed by atoms with Gasteiger partial charge in [0.2, 0.25) is 0 Å². The average Bonchev–Trinajstić information content (AvgIpc) is 2.25. The predicted octanol–water partition coefficient (Wildman–Crippen LogP) is 0.922. The van der Waals surface area contributed by atoms with E-state index in [0.29, 0.717) is 12.1 Å². The van der Waals surface area contributed by atoms with Crippen LogP contribution in [0.2, 0.25) is 5.02 Å². The molecule has 1 aromatic carbocycles. The molecule has 0 amide bonds. The Morgan fingerprint density at radius 2 is 2.00 bits per heavy atom. The van der Waals surface area contributed by atoms with Crippen molar-refractivity contribution < 1.29 is 14.6 Å². The number of rotatable bonds is 5. The zero-order valence-corrected chi connectivity index (χ0v) is 8.84.